The second kappa shape index (κ2) is 5.97. The molecule has 0 fully saturated rings. The number of hydrogen-bond donors (Lipinski definition) is 1. The van der Waals surface area contributed by atoms with Crippen LogP contribution < -0.4 is 5.32 Å². The van der Waals surface area contributed by atoms with Gasteiger partial charge in [0.2, 0.25) is 11.8 Å². The fourth-order valence-electron chi connectivity index (χ4n) is 2.37. The molecule has 0 saturated carbocycles. The summed E-state index contributed by atoms with van der Waals surface area (Å²) in [6.07, 6.45) is 0.189. The number of halogens is 1. The maximum absolute atomic E-state index is 13.1. The molecule has 0 aliphatic carbocycles. The largest absolute Gasteiger partial charge is 0.440 e. The Hall–Kier alpha value is -2.69. The number of nitrogens with zero attached hydrogens (tertiary/aromatic N) is 1. The summed E-state index contributed by atoms with van der Waals surface area (Å²) in [6, 6.07) is 13.5. The van der Waals surface area contributed by atoms with Gasteiger partial charge in [0, 0.05) is 13.5 Å². The average Bonchev–Trinajstić information content (AvgIpc) is 2.97. The van der Waals surface area contributed by atoms with Crippen LogP contribution in [-0.4, -0.2) is 17.9 Å². The molecule has 4 nitrogen and oxygen atoms in total. The average molecular weight is 298 g/mol. The van der Waals surface area contributed by atoms with Crippen LogP contribution >= 0.6 is 0 Å². The number of carbonyl (C=O) groups excluding carboxylic acids is 1. The van der Waals surface area contributed by atoms with Gasteiger partial charge in [-0.2, -0.15) is 0 Å². The Bertz CT molecular complexity index is 763. The quantitative estimate of drug-likeness (QED) is 0.804. The van der Waals surface area contributed by atoms with Crippen molar-refractivity contribution in [1.29, 1.82) is 0 Å². The zero-order chi connectivity index (χ0) is 15.5. The lowest BCUT2D eigenvalue weighted by Crippen LogP contribution is -2.21. The van der Waals surface area contributed by atoms with Gasteiger partial charge in [-0.15, -0.1) is 0 Å². The number of para-hydroxylation sites is 2. The Morgan fingerprint density at radius 1 is 1.23 bits per heavy atom. The van der Waals surface area contributed by atoms with Crippen molar-refractivity contribution in [3.05, 3.63) is 65.8 Å². The van der Waals surface area contributed by atoms with Crippen LogP contribution in [0.5, 0.6) is 0 Å². The third kappa shape index (κ3) is 2.83. The van der Waals surface area contributed by atoms with E-state index in [1.54, 1.807) is 19.2 Å². The van der Waals surface area contributed by atoms with Gasteiger partial charge >= 0.3 is 0 Å². The molecule has 3 aromatic rings. The number of carbonyl (C=O) groups is 1. The predicted molar refractivity (Wildman–Crippen MR) is 80.9 cm³/mol. The first-order valence-corrected chi connectivity index (χ1v) is 6.99. The molecule has 1 amide bonds. The monoisotopic (exact) mass is 298 g/mol. The fraction of sp³-hybridized carbons (Fsp3) is 0.176. The minimum atomic E-state index is -0.354. The molecule has 5 heteroatoms. The van der Waals surface area contributed by atoms with Crippen LogP contribution in [-0.2, 0) is 4.79 Å². The van der Waals surface area contributed by atoms with E-state index in [1.807, 2.05) is 24.3 Å². The zero-order valence-corrected chi connectivity index (χ0v) is 12.0. The number of benzene rings is 2. The molecule has 112 valence electrons. The molecular formula is C17H15FN2O2. The highest BCUT2D eigenvalue weighted by atomic mass is 19.1. The Balaban J connectivity index is 2.03. The SMILES string of the molecule is CNC(=O)CC(c1ccc(F)cc1)c1nc2ccccc2o1. The third-order valence-electron chi connectivity index (χ3n) is 3.55. The summed E-state index contributed by atoms with van der Waals surface area (Å²) >= 11 is 0. The highest BCUT2D eigenvalue weighted by molar-refractivity contribution is 5.77. The smallest absolute Gasteiger partial charge is 0.220 e. The lowest BCUT2D eigenvalue weighted by Gasteiger charge is -2.13. The van der Waals surface area contributed by atoms with Gasteiger partial charge in [0.1, 0.15) is 11.3 Å². The zero-order valence-electron chi connectivity index (χ0n) is 12.0. The van der Waals surface area contributed by atoms with Crippen LogP contribution in [0.1, 0.15) is 23.8 Å². The molecule has 0 saturated heterocycles. The molecule has 22 heavy (non-hydrogen) atoms. The minimum absolute atomic E-state index is 0.128. The van der Waals surface area contributed by atoms with Gasteiger partial charge in [-0.3, -0.25) is 4.79 Å². The van der Waals surface area contributed by atoms with Gasteiger partial charge in [0.15, 0.2) is 5.58 Å². The van der Waals surface area contributed by atoms with Gasteiger partial charge in [0.25, 0.3) is 0 Å². The molecule has 1 unspecified atom stereocenters. The summed E-state index contributed by atoms with van der Waals surface area (Å²) in [7, 11) is 1.58. The first-order chi connectivity index (χ1) is 10.7. The number of oxazole rings is 1. The Labute approximate surface area is 127 Å². The van der Waals surface area contributed by atoms with E-state index >= 15 is 0 Å². The van der Waals surface area contributed by atoms with Crippen LogP contribution in [0.3, 0.4) is 0 Å². The van der Waals surface area contributed by atoms with Gasteiger partial charge in [0.05, 0.1) is 5.92 Å². The predicted octanol–water partition coefficient (Wildman–Crippen LogP) is 3.23. The second-order valence-electron chi connectivity index (χ2n) is 5.00. The summed E-state index contributed by atoms with van der Waals surface area (Å²) in [5.74, 6) is -0.346. The van der Waals surface area contributed by atoms with Crippen LogP contribution in [0.25, 0.3) is 11.1 Å². The Morgan fingerprint density at radius 3 is 2.64 bits per heavy atom. The van der Waals surface area contributed by atoms with Crippen LogP contribution in [0, 0.1) is 5.82 Å². The molecule has 0 aliphatic rings. The molecule has 0 bridgehead atoms. The molecule has 1 heterocycles. The first-order valence-electron chi connectivity index (χ1n) is 6.99. The van der Waals surface area contributed by atoms with Crippen molar-refractivity contribution in [2.45, 2.75) is 12.3 Å². The third-order valence-corrected chi connectivity index (χ3v) is 3.55. The molecule has 1 aromatic heterocycles. The molecule has 1 N–H and O–H groups in total. The van der Waals surface area contributed by atoms with E-state index < -0.39 is 0 Å². The topological polar surface area (TPSA) is 55.1 Å². The summed E-state index contributed by atoms with van der Waals surface area (Å²) in [5.41, 5.74) is 2.19. The molecule has 0 spiro atoms. The van der Waals surface area contributed by atoms with E-state index in [1.165, 1.54) is 12.1 Å². The van der Waals surface area contributed by atoms with Crippen molar-refractivity contribution in [3.8, 4) is 0 Å². The highest BCUT2D eigenvalue weighted by Crippen LogP contribution is 2.30. The van der Waals surface area contributed by atoms with E-state index in [2.05, 4.69) is 10.3 Å². The van der Waals surface area contributed by atoms with Crippen LogP contribution in [0.15, 0.2) is 52.9 Å². The maximum atomic E-state index is 13.1. The minimum Gasteiger partial charge on any atom is -0.440 e. The molecule has 0 radical (unpaired) electrons. The first kappa shape index (κ1) is 14.3. The molecule has 0 aliphatic heterocycles. The lowest BCUT2D eigenvalue weighted by molar-refractivity contribution is -0.120. The van der Waals surface area contributed by atoms with Gasteiger partial charge in [-0.05, 0) is 29.8 Å². The fourth-order valence-corrected chi connectivity index (χ4v) is 2.37. The number of hydrogen-bond acceptors (Lipinski definition) is 3. The van der Waals surface area contributed by atoms with Crippen molar-refractivity contribution in [2.75, 3.05) is 7.05 Å². The van der Waals surface area contributed by atoms with E-state index in [9.17, 15) is 9.18 Å². The van der Waals surface area contributed by atoms with E-state index in [0.717, 1.165) is 11.1 Å². The molecule has 2 aromatic carbocycles. The van der Waals surface area contributed by atoms with Gasteiger partial charge in [-0.25, -0.2) is 9.37 Å². The van der Waals surface area contributed by atoms with Crippen molar-refractivity contribution in [3.63, 3.8) is 0 Å². The summed E-state index contributed by atoms with van der Waals surface area (Å²) < 4.78 is 18.9. The molecular weight excluding hydrogens is 283 g/mol. The van der Waals surface area contributed by atoms with E-state index in [0.29, 0.717) is 11.5 Å². The van der Waals surface area contributed by atoms with E-state index in [-0.39, 0.29) is 24.1 Å². The van der Waals surface area contributed by atoms with E-state index in [4.69, 9.17) is 4.42 Å². The van der Waals surface area contributed by atoms with Crippen LogP contribution in [0.4, 0.5) is 4.39 Å². The number of rotatable bonds is 4. The van der Waals surface area contributed by atoms with Gasteiger partial charge in [-0.1, -0.05) is 24.3 Å². The summed E-state index contributed by atoms with van der Waals surface area (Å²) in [5, 5.41) is 2.60. The van der Waals surface area contributed by atoms with Crippen LogP contribution in [0.2, 0.25) is 0 Å². The van der Waals surface area contributed by atoms with Crippen molar-refractivity contribution >= 4 is 17.0 Å². The normalized spacial score (nSPS) is 12.3. The lowest BCUT2D eigenvalue weighted by atomic mass is 9.95. The Kier molecular flexibility index (Phi) is 3.87. The number of nitrogens with one attached hydrogen (secondary N) is 1. The number of fused-ring (bicyclic) bond motifs is 1. The number of amides is 1. The van der Waals surface area contributed by atoms with Crippen molar-refractivity contribution in [1.82, 2.24) is 10.3 Å². The van der Waals surface area contributed by atoms with Crippen molar-refractivity contribution < 1.29 is 13.6 Å². The molecule has 1 atom stereocenters. The van der Waals surface area contributed by atoms with Gasteiger partial charge < -0.3 is 9.73 Å². The highest BCUT2D eigenvalue weighted by Gasteiger charge is 2.23. The summed E-state index contributed by atoms with van der Waals surface area (Å²) in [6.45, 7) is 0. The van der Waals surface area contributed by atoms with Crippen molar-refractivity contribution in [2.24, 2.45) is 0 Å². The maximum Gasteiger partial charge on any atom is 0.220 e. The second-order valence-corrected chi connectivity index (χ2v) is 5.00. The Morgan fingerprint density at radius 2 is 1.95 bits per heavy atom. The standard InChI is InChI=1S/C17H15FN2O2/c1-19-16(21)10-13(11-6-8-12(18)9-7-11)17-20-14-4-2-3-5-15(14)22-17/h2-9,13H,10H2,1H3,(H,19,21). The summed E-state index contributed by atoms with van der Waals surface area (Å²) in [4.78, 5) is 16.3. The molecule has 3 rings (SSSR count). The number of aromatic nitrogens is 1.